The van der Waals surface area contributed by atoms with Crippen LogP contribution in [0.4, 0.5) is 0 Å². The average Bonchev–Trinajstić information content (AvgIpc) is 3.29. The lowest BCUT2D eigenvalue weighted by Gasteiger charge is -2.10. The lowest BCUT2D eigenvalue weighted by molar-refractivity contribution is 0.421. The summed E-state index contributed by atoms with van der Waals surface area (Å²) >= 11 is 1.74. The van der Waals surface area contributed by atoms with E-state index in [9.17, 15) is 0 Å². The van der Waals surface area contributed by atoms with Crippen molar-refractivity contribution in [2.45, 2.75) is 33.6 Å². The number of aliphatic imine (C=N–C) groups is 1. The van der Waals surface area contributed by atoms with E-state index in [1.54, 1.807) is 17.5 Å². The van der Waals surface area contributed by atoms with Crippen LogP contribution in [0.1, 0.15) is 28.3 Å². The third-order valence-corrected chi connectivity index (χ3v) is 5.14. The summed E-state index contributed by atoms with van der Waals surface area (Å²) in [4.78, 5) is 19.1. The van der Waals surface area contributed by atoms with Gasteiger partial charge in [-0.1, -0.05) is 11.2 Å². The Labute approximate surface area is 168 Å². The van der Waals surface area contributed by atoms with Gasteiger partial charge in [0.15, 0.2) is 11.8 Å². The second kappa shape index (κ2) is 9.93. The lowest BCUT2D eigenvalue weighted by atomic mass is 10.3. The van der Waals surface area contributed by atoms with Gasteiger partial charge in [0, 0.05) is 43.5 Å². The highest BCUT2D eigenvalue weighted by atomic mass is 32.1. The Hall–Kier alpha value is -2.81. The standard InChI is InChI=1S/C19H25N7OS/c1-4-20-19(23-12-9-17-24-13(2)14(3)28-17)22-11-8-16-25-18(27-26-16)15-7-5-6-10-21-15/h5-7,10H,4,8-9,11-12H2,1-3H3,(H2,20,22,23). The van der Waals surface area contributed by atoms with Gasteiger partial charge >= 0.3 is 0 Å². The maximum Gasteiger partial charge on any atom is 0.276 e. The maximum atomic E-state index is 5.28. The van der Waals surface area contributed by atoms with Gasteiger partial charge in [0.2, 0.25) is 0 Å². The van der Waals surface area contributed by atoms with Crippen LogP contribution in [-0.4, -0.2) is 45.7 Å². The van der Waals surface area contributed by atoms with Crippen molar-refractivity contribution in [3.8, 4) is 11.6 Å². The minimum atomic E-state index is 0.435. The summed E-state index contributed by atoms with van der Waals surface area (Å²) in [5.74, 6) is 1.85. The zero-order valence-corrected chi connectivity index (χ0v) is 17.2. The van der Waals surface area contributed by atoms with Crippen molar-refractivity contribution in [3.63, 3.8) is 0 Å². The average molecular weight is 400 g/mol. The van der Waals surface area contributed by atoms with Crippen LogP contribution < -0.4 is 10.6 Å². The highest BCUT2D eigenvalue weighted by Crippen LogP contribution is 2.16. The van der Waals surface area contributed by atoms with Crippen LogP contribution in [0.3, 0.4) is 0 Å². The molecule has 0 spiro atoms. The van der Waals surface area contributed by atoms with Crippen LogP contribution in [0.15, 0.2) is 33.9 Å². The normalized spacial score (nSPS) is 11.6. The first-order valence-corrected chi connectivity index (χ1v) is 10.2. The van der Waals surface area contributed by atoms with E-state index in [-0.39, 0.29) is 0 Å². The van der Waals surface area contributed by atoms with Crippen LogP contribution in [0, 0.1) is 13.8 Å². The van der Waals surface area contributed by atoms with Gasteiger partial charge in [-0.05, 0) is 32.9 Å². The smallest absolute Gasteiger partial charge is 0.276 e. The highest BCUT2D eigenvalue weighted by Gasteiger charge is 2.09. The minimum Gasteiger partial charge on any atom is -0.357 e. The quantitative estimate of drug-likeness (QED) is 0.443. The van der Waals surface area contributed by atoms with Gasteiger partial charge in [0.1, 0.15) is 5.69 Å². The van der Waals surface area contributed by atoms with Crippen LogP contribution in [-0.2, 0) is 12.8 Å². The van der Waals surface area contributed by atoms with Gasteiger partial charge in [-0.3, -0.25) is 9.98 Å². The Balaban J connectivity index is 1.48. The second-order valence-corrected chi connectivity index (χ2v) is 7.46. The molecule has 0 bridgehead atoms. The molecule has 0 amide bonds. The van der Waals surface area contributed by atoms with Gasteiger partial charge in [-0.15, -0.1) is 11.3 Å². The molecule has 0 aliphatic carbocycles. The summed E-state index contributed by atoms with van der Waals surface area (Å²) in [6.45, 7) is 8.33. The van der Waals surface area contributed by atoms with Gasteiger partial charge in [0.05, 0.1) is 10.7 Å². The summed E-state index contributed by atoms with van der Waals surface area (Å²) in [5, 5.41) is 11.7. The monoisotopic (exact) mass is 399 g/mol. The van der Waals surface area contributed by atoms with Gasteiger partial charge in [-0.25, -0.2) is 4.98 Å². The van der Waals surface area contributed by atoms with E-state index in [1.165, 1.54) is 4.88 Å². The maximum absolute atomic E-state index is 5.28. The van der Waals surface area contributed by atoms with E-state index in [1.807, 2.05) is 32.0 Å². The number of pyridine rings is 1. The predicted molar refractivity (Wildman–Crippen MR) is 111 cm³/mol. The molecule has 0 aromatic carbocycles. The van der Waals surface area contributed by atoms with E-state index in [4.69, 9.17) is 4.52 Å². The molecule has 0 aliphatic rings. The molecule has 2 N–H and O–H groups in total. The predicted octanol–water partition coefficient (Wildman–Crippen LogP) is 2.55. The van der Waals surface area contributed by atoms with E-state index >= 15 is 0 Å². The number of hydrogen-bond donors (Lipinski definition) is 2. The van der Waals surface area contributed by atoms with E-state index in [0.717, 1.165) is 29.6 Å². The number of aromatic nitrogens is 4. The number of nitrogens with zero attached hydrogens (tertiary/aromatic N) is 5. The minimum absolute atomic E-state index is 0.435. The summed E-state index contributed by atoms with van der Waals surface area (Å²) in [5.41, 5.74) is 1.79. The third-order valence-electron chi connectivity index (χ3n) is 4.01. The Kier molecular flexibility index (Phi) is 7.07. The molecule has 8 nitrogen and oxygen atoms in total. The Morgan fingerprint density at radius 2 is 2.07 bits per heavy atom. The molecule has 28 heavy (non-hydrogen) atoms. The number of guanidine groups is 1. The first-order chi connectivity index (χ1) is 13.7. The van der Waals surface area contributed by atoms with Crippen LogP contribution >= 0.6 is 11.3 Å². The molecule has 0 atom stereocenters. The molecule has 3 heterocycles. The fourth-order valence-electron chi connectivity index (χ4n) is 2.49. The molecule has 0 aliphatic heterocycles. The van der Waals surface area contributed by atoms with Crippen LogP contribution in [0.5, 0.6) is 0 Å². The van der Waals surface area contributed by atoms with E-state index in [0.29, 0.717) is 36.9 Å². The number of aryl methyl sites for hydroxylation is 2. The second-order valence-electron chi connectivity index (χ2n) is 6.17. The summed E-state index contributed by atoms with van der Waals surface area (Å²) in [7, 11) is 0. The molecule has 0 fully saturated rings. The summed E-state index contributed by atoms with van der Waals surface area (Å²) < 4.78 is 5.28. The van der Waals surface area contributed by atoms with Crippen molar-refractivity contribution in [2.75, 3.05) is 19.6 Å². The molecule has 0 saturated carbocycles. The van der Waals surface area contributed by atoms with Gasteiger partial charge < -0.3 is 15.2 Å². The molecular formula is C19H25N7OS. The van der Waals surface area contributed by atoms with Crippen molar-refractivity contribution < 1.29 is 4.52 Å². The van der Waals surface area contributed by atoms with Crippen molar-refractivity contribution >= 4 is 17.3 Å². The molecule has 3 rings (SSSR count). The number of hydrogen-bond acceptors (Lipinski definition) is 7. The number of thiazole rings is 1. The van der Waals surface area contributed by atoms with Crippen LogP contribution in [0.25, 0.3) is 11.6 Å². The first kappa shape index (κ1) is 19.9. The molecule has 0 unspecified atom stereocenters. The fraction of sp³-hybridized carbons (Fsp3) is 0.421. The highest BCUT2D eigenvalue weighted by molar-refractivity contribution is 7.11. The Morgan fingerprint density at radius 3 is 2.79 bits per heavy atom. The third kappa shape index (κ3) is 5.59. The molecular weight excluding hydrogens is 374 g/mol. The molecule has 3 aromatic rings. The van der Waals surface area contributed by atoms with Gasteiger partial charge in [-0.2, -0.15) is 4.98 Å². The molecule has 9 heteroatoms. The fourth-order valence-corrected chi connectivity index (χ4v) is 3.42. The zero-order chi connectivity index (χ0) is 19.8. The van der Waals surface area contributed by atoms with Crippen molar-refractivity contribution in [1.82, 2.24) is 30.7 Å². The molecule has 0 radical (unpaired) electrons. The number of rotatable bonds is 8. The molecule has 3 aromatic heterocycles. The first-order valence-electron chi connectivity index (χ1n) is 9.34. The van der Waals surface area contributed by atoms with Gasteiger partial charge in [0.25, 0.3) is 5.89 Å². The largest absolute Gasteiger partial charge is 0.357 e. The zero-order valence-electron chi connectivity index (χ0n) is 16.4. The topological polar surface area (TPSA) is 101 Å². The molecule has 148 valence electrons. The SMILES string of the molecule is CCNC(=NCCc1nc(C)c(C)s1)NCCc1noc(-c2ccccn2)n1. The molecule has 0 saturated heterocycles. The van der Waals surface area contributed by atoms with E-state index in [2.05, 4.69) is 42.7 Å². The number of nitrogens with one attached hydrogen (secondary N) is 2. The van der Waals surface area contributed by atoms with E-state index < -0.39 is 0 Å². The summed E-state index contributed by atoms with van der Waals surface area (Å²) in [6.07, 6.45) is 3.17. The van der Waals surface area contributed by atoms with Crippen molar-refractivity contribution in [1.29, 1.82) is 0 Å². The van der Waals surface area contributed by atoms with Crippen molar-refractivity contribution in [2.24, 2.45) is 4.99 Å². The lowest BCUT2D eigenvalue weighted by Crippen LogP contribution is -2.38. The van der Waals surface area contributed by atoms with Crippen LogP contribution in [0.2, 0.25) is 0 Å². The Bertz CT molecular complexity index is 885. The van der Waals surface area contributed by atoms with Crippen molar-refractivity contribution in [3.05, 3.63) is 45.8 Å². The Morgan fingerprint density at radius 1 is 1.18 bits per heavy atom. The summed E-state index contributed by atoms with van der Waals surface area (Å²) in [6, 6.07) is 5.58.